The molecule has 3 rings (SSSR count). The second-order valence-electron chi connectivity index (χ2n) is 7.85. The molecule has 1 heterocycles. The SMILES string of the molecule is CCCc1cc(=O)oc2cc(OCC(=O)N(C)CC(=O)Nc3c(C)cccc3C)ccc12. The molecule has 1 aromatic heterocycles. The number of fused-ring (bicyclic) bond motifs is 1. The molecule has 32 heavy (non-hydrogen) atoms. The number of para-hydroxylation sites is 1. The van der Waals surface area contributed by atoms with E-state index in [0.29, 0.717) is 11.3 Å². The van der Waals surface area contributed by atoms with Crippen molar-refractivity contribution in [3.05, 3.63) is 69.6 Å². The number of hydrogen-bond donors (Lipinski definition) is 1. The van der Waals surface area contributed by atoms with E-state index in [1.54, 1.807) is 19.2 Å². The van der Waals surface area contributed by atoms with E-state index in [2.05, 4.69) is 5.32 Å². The molecule has 0 bridgehead atoms. The molecule has 3 aromatic rings. The summed E-state index contributed by atoms with van der Waals surface area (Å²) < 4.78 is 10.9. The number of nitrogens with one attached hydrogen (secondary N) is 1. The number of likely N-dealkylation sites (N-methyl/N-ethyl adjacent to an activating group) is 1. The number of carbonyl (C=O) groups excluding carboxylic acids is 2. The first-order valence-electron chi connectivity index (χ1n) is 10.6. The van der Waals surface area contributed by atoms with E-state index in [9.17, 15) is 14.4 Å². The molecule has 0 unspecified atom stereocenters. The predicted molar refractivity (Wildman–Crippen MR) is 124 cm³/mol. The van der Waals surface area contributed by atoms with Crippen LogP contribution in [0.15, 0.2) is 51.7 Å². The molecule has 1 N–H and O–H groups in total. The van der Waals surface area contributed by atoms with Gasteiger partial charge in [0, 0.05) is 30.3 Å². The minimum Gasteiger partial charge on any atom is -0.484 e. The van der Waals surface area contributed by atoms with Crippen LogP contribution in [0.3, 0.4) is 0 Å². The smallest absolute Gasteiger partial charge is 0.336 e. The fourth-order valence-corrected chi connectivity index (χ4v) is 3.53. The third-order valence-corrected chi connectivity index (χ3v) is 5.24. The Hall–Kier alpha value is -3.61. The first kappa shape index (κ1) is 23.1. The van der Waals surface area contributed by atoms with E-state index in [4.69, 9.17) is 9.15 Å². The van der Waals surface area contributed by atoms with Crippen molar-refractivity contribution in [3.63, 3.8) is 0 Å². The Balaban J connectivity index is 1.60. The summed E-state index contributed by atoms with van der Waals surface area (Å²) in [7, 11) is 1.55. The lowest BCUT2D eigenvalue weighted by molar-refractivity contribution is -0.135. The zero-order valence-electron chi connectivity index (χ0n) is 18.9. The summed E-state index contributed by atoms with van der Waals surface area (Å²) in [5, 5.41) is 3.72. The topological polar surface area (TPSA) is 88.8 Å². The number of ether oxygens (including phenoxy) is 1. The lowest BCUT2D eigenvalue weighted by Crippen LogP contribution is -2.37. The molecule has 7 heteroatoms. The van der Waals surface area contributed by atoms with Gasteiger partial charge in [0.1, 0.15) is 11.3 Å². The number of amides is 2. The van der Waals surface area contributed by atoms with Crippen LogP contribution in [0.1, 0.15) is 30.0 Å². The third kappa shape index (κ3) is 5.55. The second-order valence-corrected chi connectivity index (χ2v) is 7.85. The normalized spacial score (nSPS) is 10.8. The summed E-state index contributed by atoms with van der Waals surface area (Å²) in [5.74, 6) is -0.215. The van der Waals surface area contributed by atoms with Gasteiger partial charge in [-0.1, -0.05) is 31.5 Å². The van der Waals surface area contributed by atoms with Crippen LogP contribution in [-0.2, 0) is 16.0 Å². The summed E-state index contributed by atoms with van der Waals surface area (Å²) in [6.45, 7) is 5.55. The molecule has 0 saturated heterocycles. The maximum atomic E-state index is 12.4. The van der Waals surface area contributed by atoms with E-state index >= 15 is 0 Å². The van der Waals surface area contributed by atoms with Gasteiger partial charge in [0.05, 0.1) is 6.54 Å². The quantitative estimate of drug-likeness (QED) is 0.542. The van der Waals surface area contributed by atoms with Gasteiger partial charge in [-0.05, 0) is 49.1 Å². The van der Waals surface area contributed by atoms with Crippen molar-refractivity contribution in [2.24, 2.45) is 0 Å². The lowest BCUT2D eigenvalue weighted by atomic mass is 10.1. The van der Waals surface area contributed by atoms with E-state index in [1.165, 1.54) is 11.0 Å². The molecule has 0 aliphatic heterocycles. The molecule has 0 spiro atoms. The number of aryl methyl sites for hydroxylation is 3. The van der Waals surface area contributed by atoms with Gasteiger partial charge in [0.15, 0.2) is 6.61 Å². The first-order chi connectivity index (χ1) is 15.3. The van der Waals surface area contributed by atoms with E-state index in [1.807, 2.05) is 45.0 Å². The van der Waals surface area contributed by atoms with Gasteiger partial charge in [-0.25, -0.2) is 4.79 Å². The number of rotatable bonds is 8. The van der Waals surface area contributed by atoms with Crippen LogP contribution < -0.4 is 15.7 Å². The molecule has 0 atom stereocenters. The van der Waals surface area contributed by atoms with Gasteiger partial charge in [0.25, 0.3) is 5.91 Å². The van der Waals surface area contributed by atoms with Crippen molar-refractivity contribution in [2.45, 2.75) is 33.6 Å². The highest BCUT2D eigenvalue weighted by Crippen LogP contribution is 2.23. The minimum atomic E-state index is -0.413. The average Bonchev–Trinajstić information content (AvgIpc) is 2.74. The Bertz CT molecular complexity index is 1180. The van der Waals surface area contributed by atoms with E-state index in [-0.39, 0.29) is 25.0 Å². The standard InChI is InChI=1S/C25H28N2O5/c1-5-7-18-12-24(30)32-21-13-19(10-11-20(18)21)31-15-23(29)27(4)14-22(28)26-25-16(2)8-6-9-17(25)3/h6,8-13H,5,7,14-15H2,1-4H3,(H,26,28). The summed E-state index contributed by atoms with van der Waals surface area (Å²) in [6.07, 6.45) is 1.68. The van der Waals surface area contributed by atoms with Crippen LogP contribution in [0.4, 0.5) is 5.69 Å². The second kappa shape index (κ2) is 10.1. The monoisotopic (exact) mass is 436 g/mol. The van der Waals surface area contributed by atoms with Gasteiger partial charge < -0.3 is 19.4 Å². The molecule has 2 amide bonds. The van der Waals surface area contributed by atoms with Crippen LogP contribution >= 0.6 is 0 Å². The maximum absolute atomic E-state index is 12.4. The predicted octanol–water partition coefficient (Wildman–Crippen LogP) is 3.84. The highest BCUT2D eigenvalue weighted by Gasteiger charge is 2.15. The van der Waals surface area contributed by atoms with Crippen LogP contribution in [0.5, 0.6) is 5.75 Å². The number of carbonyl (C=O) groups is 2. The molecular formula is C25H28N2O5. The van der Waals surface area contributed by atoms with Crippen LogP contribution in [-0.4, -0.2) is 36.9 Å². The fourth-order valence-electron chi connectivity index (χ4n) is 3.53. The highest BCUT2D eigenvalue weighted by atomic mass is 16.5. The highest BCUT2D eigenvalue weighted by molar-refractivity contribution is 5.95. The number of benzene rings is 2. The molecule has 0 aliphatic rings. The Morgan fingerprint density at radius 2 is 1.81 bits per heavy atom. The largest absolute Gasteiger partial charge is 0.484 e. The van der Waals surface area contributed by atoms with Gasteiger partial charge in [-0.3, -0.25) is 9.59 Å². The summed E-state index contributed by atoms with van der Waals surface area (Å²) in [5.41, 5.74) is 3.61. The van der Waals surface area contributed by atoms with Gasteiger partial charge in [-0.2, -0.15) is 0 Å². The van der Waals surface area contributed by atoms with Crippen molar-refractivity contribution in [1.82, 2.24) is 4.90 Å². The Labute approximate surface area is 187 Å². The van der Waals surface area contributed by atoms with Crippen molar-refractivity contribution >= 4 is 28.5 Å². The van der Waals surface area contributed by atoms with Crippen molar-refractivity contribution in [3.8, 4) is 5.75 Å². The summed E-state index contributed by atoms with van der Waals surface area (Å²) >= 11 is 0. The summed E-state index contributed by atoms with van der Waals surface area (Å²) in [4.78, 5) is 37.9. The van der Waals surface area contributed by atoms with Gasteiger partial charge in [-0.15, -0.1) is 0 Å². The molecule has 0 saturated carbocycles. The van der Waals surface area contributed by atoms with Crippen molar-refractivity contribution < 1.29 is 18.7 Å². The molecule has 0 fully saturated rings. The van der Waals surface area contributed by atoms with Crippen LogP contribution in [0.2, 0.25) is 0 Å². The van der Waals surface area contributed by atoms with Gasteiger partial charge >= 0.3 is 5.63 Å². The van der Waals surface area contributed by atoms with Crippen LogP contribution in [0, 0.1) is 13.8 Å². The third-order valence-electron chi connectivity index (χ3n) is 5.24. The average molecular weight is 437 g/mol. The fraction of sp³-hybridized carbons (Fsp3) is 0.320. The van der Waals surface area contributed by atoms with Crippen LogP contribution in [0.25, 0.3) is 11.0 Å². The molecule has 0 radical (unpaired) electrons. The number of hydrogen-bond acceptors (Lipinski definition) is 5. The summed E-state index contributed by atoms with van der Waals surface area (Å²) in [6, 6.07) is 12.4. The zero-order valence-corrected chi connectivity index (χ0v) is 18.9. The van der Waals surface area contributed by atoms with Crippen molar-refractivity contribution in [2.75, 3.05) is 25.5 Å². The Kier molecular flexibility index (Phi) is 7.30. The Morgan fingerprint density at radius 3 is 2.50 bits per heavy atom. The van der Waals surface area contributed by atoms with E-state index < -0.39 is 5.63 Å². The molecule has 0 aliphatic carbocycles. The Morgan fingerprint density at radius 1 is 1.09 bits per heavy atom. The maximum Gasteiger partial charge on any atom is 0.336 e. The molecular weight excluding hydrogens is 408 g/mol. The van der Waals surface area contributed by atoms with Gasteiger partial charge in [0.2, 0.25) is 5.91 Å². The zero-order chi connectivity index (χ0) is 23.3. The first-order valence-corrected chi connectivity index (χ1v) is 10.6. The molecule has 168 valence electrons. The minimum absolute atomic E-state index is 0.0943. The van der Waals surface area contributed by atoms with Crippen molar-refractivity contribution in [1.29, 1.82) is 0 Å². The number of nitrogens with zero attached hydrogens (tertiary/aromatic N) is 1. The molecule has 2 aromatic carbocycles. The number of anilines is 1. The lowest BCUT2D eigenvalue weighted by Gasteiger charge is -2.18. The van der Waals surface area contributed by atoms with E-state index in [0.717, 1.165) is 40.6 Å². The molecule has 7 nitrogen and oxygen atoms in total.